The molecule has 0 aliphatic carbocycles. The van der Waals surface area contributed by atoms with Gasteiger partial charge < -0.3 is 10.3 Å². The summed E-state index contributed by atoms with van der Waals surface area (Å²) >= 11 is 1.14. The normalized spacial score (nSPS) is 10.4. The van der Waals surface area contributed by atoms with Crippen molar-refractivity contribution in [2.75, 3.05) is 11.1 Å². The van der Waals surface area contributed by atoms with Crippen molar-refractivity contribution in [3.8, 4) is 0 Å². The van der Waals surface area contributed by atoms with E-state index in [1.165, 1.54) is 0 Å². The fraction of sp³-hybridized carbons (Fsp3) is 0.222. The average molecular weight is 238 g/mol. The van der Waals surface area contributed by atoms with E-state index in [1.54, 1.807) is 19.9 Å². The number of carbonyl (C=O) groups excluding carboxylic acids is 1. The number of rotatable bonds is 2. The molecule has 84 valence electrons. The molecule has 2 heterocycles. The molecule has 0 unspecified atom stereocenters. The molecule has 6 nitrogen and oxygen atoms in total. The van der Waals surface area contributed by atoms with Crippen LogP contribution in [0.25, 0.3) is 0 Å². The van der Waals surface area contributed by atoms with Gasteiger partial charge in [-0.3, -0.25) is 10.1 Å². The maximum Gasteiger partial charge on any atom is 0.270 e. The summed E-state index contributed by atoms with van der Waals surface area (Å²) in [6, 6.07) is 1.64. The van der Waals surface area contributed by atoms with Crippen LogP contribution in [0.15, 0.2) is 10.6 Å². The molecule has 7 heteroatoms. The highest BCUT2D eigenvalue weighted by Gasteiger charge is 2.15. The van der Waals surface area contributed by atoms with Crippen LogP contribution < -0.4 is 11.1 Å². The second-order valence-electron chi connectivity index (χ2n) is 3.25. The molecule has 0 fully saturated rings. The quantitative estimate of drug-likeness (QED) is 0.828. The summed E-state index contributed by atoms with van der Waals surface area (Å²) in [5, 5.41) is 6.62. The van der Waals surface area contributed by atoms with Crippen LogP contribution in [-0.2, 0) is 0 Å². The van der Waals surface area contributed by atoms with Crippen LogP contribution in [0.3, 0.4) is 0 Å². The zero-order valence-corrected chi connectivity index (χ0v) is 9.59. The number of hydrogen-bond acceptors (Lipinski definition) is 6. The highest BCUT2D eigenvalue weighted by atomic mass is 32.1. The Labute approximate surface area is 95.5 Å². The number of carbonyl (C=O) groups is 1. The molecular formula is C9H10N4O2S. The average Bonchev–Trinajstić information content (AvgIpc) is 2.73. The van der Waals surface area contributed by atoms with Crippen LogP contribution in [0, 0.1) is 13.8 Å². The van der Waals surface area contributed by atoms with Gasteiger partial charge in [0, 0.05) is 6.07 Å². The van der Waals surface area contributed by atoms with Gasteiger partial charge in [0.2, 0.25) is 5.88 Å². The number of nitrogens with zero attached hydrogens (tertiary/aromatic N) is 2. The third kappa shape index (κ3) is 2.03. The van der Waals surface area contributed by atoms with E-state index in [-0.39, 0.29) is 5.91 Å². The lowest BCUT2D eigenvalue weighted by Crippen LogP contribution is -2.10. The van der Waals surface area contributed by atoms with E-state index >= 15 is 0 Å². The largest absolute Gasteiger partial charge is 0.375 e. The Kier molecular flexibility index (Phi) is 2.61. The number of nitrogen functional groups attached to an aromatic ring is 1. The van der Waals surface area contributed by atoms with Crippen molar-refractivity contribution in [2.45, 2.75) is 13.8 Å². The number of anilines is 2. The highest BCUT2D eigenvalue weighted by Crippen LogP contribution is 2.21. The Bertz CT molecular complexity index is 531. The molecule has 0 aromatic carbocycles. The van der Waals surface area contributed by atoms with E-state index in [4.69, 9.17) is 10.3 Å². The number of nitrogens with two attached hydrogens (primary N) is 1. The Morgan fingerprint density at radius 3 is 2.81 bits per heavy atom. The van der Waals surface area contributed by atoms with Gasteiger partial charge in [-0.2, -0.15) is 0 Å². The van der Waals surface area contributed by atoms with Crippen molar-refractivity contribution in [1.82, 2.24) is 10.1 Å². The number of amides is 1. The van der Waals surface area contributed by atoms with Gasteiger partial charge in [-0.15, -0.1) is 0 Å². The molecule has 2 rings (SSSR count). The van der Waals surface area contributed by atoms with Gasteiger partial charge in [0.05, 0.1) is 11.4 Å². The Balaban J connectivity index is 2.17. The summed E-state index contributed by atoms with van der Waals surface area (Å²) < 4.78 is 4.87. The lowest BCUT2D eigenvalue weighted by molar-refractivity contribution is 0.102. The first-order valence-corrected chi connectivity index (χ1v) is 5.35. The lowest BCUT2D eigenvalue weighted by atomic mass is 10.3. The van der Waals surface area contributed by atoms with Crippen LogP contribution in [-0.4, -0.2) is 16.0 Å². The van der Waals surface area contributed by atoms with E-state index in [2.05, 4.69) is 15.5 Å². The van der Waals surface area contributed by atoms with E-state index in [0.29, 0.717) is 27.3 Å². The summed E-state index contributed by atoms with van der Waals surface area (Å²) in [6.07, 6.45) is 0. The predicted octanol–water partition coefficient (Wildman–Crippen LogP) is 1.58. The topological polar surface area (TPSA) is 94.0 Å². The molecule has 2 aromatic heterocycles. The second-order valence-corrected chi connectivity index (χ2v) is 4.28. The molecule has 1 amide bonds. The number of aromatic nitrogens is 2. The standard InChI is InChI=1S/C9H10N4O2S/c1-4-3-6(15-13-4)12-8(14)7-5(2)11-9(10)16-7/h3H,1-2H3,(H2,10,11)(H,12,14). The summed E-state index contributed by atoms with van der Waals surface area (Å²) in [7, 11) is 0. The molecule has 16 heavy (non-hydrogen) atoms. The van der Waals surface area contributed by atoms with E-state index in [9.17, 15) is 4.79 Å². The number of aryl methyl sites for hydroxylation is 2. The van der Waals surface area contributed by atoms with Crippen LogP contribution in [0.5, 0.6) is 0 Å². The van der Waals surface area contributed by atoms with Crippen molar-refractivity contribution < 1.29 is 9.32 Å². The molecule has 0 spiro atoms. The fourth-order valence-electron chi connectivity index (χ4n) is 1.22. The fourth-order valence-corrected chi connectivity index (χ4v) is 1.95. The summed E-state index contributed by atoms with van der Waals surface area (Å²) in [6.45, 7) is 3.50. The van der Waals surface area contributed by atoms with Gasteiger partial charge in [0.1, 0.15) is 4.88 Å². The van der Waals surface area contributed by atoms with Gasteiger partial charge in [-0.1, -0.05) is 16.5 Å². The van der Waals surface area contributed by atoms with Gasteiger partial charge in [0.25, 0.3) is 5.91 Å². The van der Waals surface area contributed by atoms with Gasteiger partial charge >= 0.3 is 0 Å². The maximum absolute atomic E-state index is 11.8. The molecular weight excluding hydrogens is 228 g/mol. The first-order chi connectivity index (χ1) is 7.56. The van der Waals surface area contributed by atoms with Gasteiger partial charge in [-0.05, 0) is 13.8 Å². The van der Waals surface area contributed by atoms with Crippen molar-refractivity contribution in [3.63, 3.8) is 0 Å². The summed E-state index contributed by atoms with van der Waals surface area (Å²) in [5.41, 5.74) is 6.82. The predicted molar refractivity (Wildman–Crippen MR) is 60.5 cm³/mol. The highest BCUT2D eigenvalue weighted by molar-refractivity contribution is 7.17. The summed E-state index contributed by atoms with van der Waals surface area (Å²) in [5.74, 6) is 0.0247. The smallest absolute Gasteiger partial charge is 0.270 e. The molecule has 0 bridgehead atoms. The van der Waals surface area contributed by atoms with E-state index in [1.807, 2.05) is 0 Å². The first kappa shape index (κ1) is 10.6. The first-order valence-electron chi connectivity index (χ1n) is 4.54. The second kappa shape index (κ2) is 3.93. The van der Waals surface area contributed by atoms with Crippen LogP contribution in [0.4, 0.5) is 11.0 Å². The van der Waals surface area contributed by atoms with E-state index < -0.39 is 0 Å². The zero-order valence-electron chi connectivity index (χ0n) is 8.77. The maximum atomic E-state index is 11.8. The van der Waals surface area contributed by atoms with Crippen molar-refractivity contribution >= 4 is 28.3 Å². The zero-order chi connectivity index (χ0) is 11.7. The third-order valence-electron chi connectivity index (χ3n) is 1.88. The minimum absolute atomic E-state index is 0.289. The Morgan fingerprint density at radius 1 is 1.56 bits per heavy atom. The number of hydrogen-bond donors (Lipinski definition) is 2. The minimum atomic E-state index is -0.289. The third-order valence-corrected chi connectivity index (χ3v) is 2.87. The molecule has 0 saturated carbocycles. The number of nitrogens with one attached hydrogen (secondary N) is 1. The Hall–Kier alpha value is -1.89. The SMILES string of the molecule is Cc1cc(NC(=O)c2sc(N)nc2C)on1. The monoisotopic (exact) mass is 238 g/mol. The lowest BCUT2D eigenvalue weighted by Gasteiger charge is -1.97. The summed E-state index contributed by atoms with van der Waals surface area (Å²) in [4.78, 5) is 16.2. The Morgan fingerprint density at radius 2 is 2.31 bits per heavy atom. The van der Waals surface area contributed by atoms with Crippen molar-refractivity contribution in [2.24, 2.45) is 0 Å². The van der Waals surface area contributed by atoms with Crippen LogP contribution >= 0.6 is 11.3 Å². The molecule has 0 aliphatic heterocycles. The van der Waals surface area contributed by atoms with E-state index in [0.717, 1.165) is 11.3 Å². The molecule has 0 radical (unpaired) electrons. The van der Waals surface area contributed by atoms with Crippen molar-refractivity contribution in [3.05, 3.63) is 22.3 Å². The molecule has 2 aromatic rings. The minimum Gasteiger partial charge on any atom is -0.375 e. The molecule has 0 aliphatic rings. The van der Waals surface area contributed by atoms with Crippen LogP contribution in [0.1, 0.15) is 21.1 Å². The molecule has 3 N–H and O–H groups in total. The van der Waals surface area contributed by atoms with Crippen molar-refractivity contribution in [1.29, 1.82) is 0 Å². The van der Waals surface area contributed by atoms with Gasteiger partial charge in [-0.25, -0.2) is 4.98 Å². The molecule has 0 saturated heterocycles. The van der Waals surface area contributed by atoms with Gasteiger partial charge in [0.15, 0.2) is 5.13 Å². The van der Waals surface area contributed by atoms with Crippen LogP contribution in [0.2, 0.25) is 0 Å². The molecule has 0 atom stereocenters. The number of thiazole rings is 1.